The number of imidazole rings is 1. The summed E-state index contributed by atoms with van der Waals surface area (Å²) in [7, 11) is 0. The van der Waals surface area contributed by atoms with Gasteiger partial charge in [0.05, 0.1) is 17.6 Å². The maximum absolute atomic E-state index is 4.87. The fourth-order valence-corrected chi connectivity index (χ4v) is 3.25. The maximum atomic E-state index is 4.87. The van der Waals surface area contributed by atoms with Gasteiger partial charge >= 0.3 is 0 Å². The quantitative estimate of drug-likeness (QED) is 0.807. The molecule has 1 N–H and O–H groups in total. The summed E-state index contributed by atoms with van der Waals surface area (Å²) in [5.41, 5.74) is 4.19. The van der Waals surface area contributed by atoms with E-state index in [9.17, 15) is 0 Å². The van der Waals surface area contributed by atoms with Crippen molar-refractivity contribution in [1.29, 1.82) is 0 Å². The van der Waals surface area contributed by atoms with Crippen molar-refractivity contribution in [1.82, 2.24) is 19.7 Å². The standard InChI is InChI=1S/C18H20N4/c1-2-10-22-17(13-20-18(22)8-1)16-7-3-6-15(21-16)11-14-5-4-9-19-12-14/h1-3,6-8,10,13-14,19H,4-5,9,11-12H2. The molecular formula is C18H20N4. The lowest BCUT2D eigenvalue weighted by Gasteiger charge is -2.22. The number of pyridine rings is 2. The van der Waals surface area contributed by atoms with E-state index in [0.717, 1.165) is 36.5 Å². The van der Waals surface area contributed by atoms with Crippen molar-refractivity contribution in [3.8, 4) is 11.4 Å². The summed E-state index contributed by atoms with van der Waals surface area (Å²) in [6, 6.07) is 12.4. The predicted molar refractivity (Wildman–Crippen MR) is 87.7 cm³/mol. The van der Waals surface area contributed by atoms with Gasteiger partial charge in [0.15, 0.2) is 0 Å². The van der Waals surface area contributed by atoms with Crippen LogP contribution in [0.3, 0.4) is 0 Å². The van der Waals surface area contributed by atoms with Gasteiger partial charge in [0, 0.05) is 11.9 Å². The lowest BCUT2D eigenvalue weighted by molar-refractivity contribution is 0.373. The number of rotatable bonds is 3. The number of hydrogen-bond donors (Lipinski definition) is 1. The summed E-state index contributed by atoms with van der Waals surface area (Å²) in [4.78, 5) is 9.32. The Morgan fingerprint density at radius 2 is 2.18 bits per heavy atom. The Morgan fingerprint density at radius 3 is 3.09 bits per heavy atom. The zero-order chi connectivity index (χ0) is 14.8. The Balaban J connectivity index is 1.63. The first kappa shape index (κ1) is 13.5. The Hall–Kier alpha value is -2.20. The molecule has 0 spiro atoms. The van der Waals surface area contributed by atoms with Gasteiger partial charge in [0.2, 0.25) is 0 Å². The van der Waals surface area contributed by atoms with Crippen molar-refractivity contribution in [2.24, 2.45) is 5.92 Å². The smallest absolute Gasteiger partial charge is 0.137 e. The Morgan fingerprint density at radius 1 is 1.18 bits per heavy atom. The second kappa shape index (κ2) is 5.89. The number of piperidine rings is 1. The van der Waals surface area contributed by atoms with Gasteiger partial charge in [-0.2, -0.15) is 0 Å². The molecule has 4 heterocycles. The fourth-order valence-electron chi connectivity index (χ4n) is 3.25. The molecule has 1 saturated heterocycles. The minimum absolute atomic E-state index is 0.707. The van der Waals surface area contributed by atoms with Crippen LogP contribution in [0.5, 0.6) is 0 Å². The van der Waals surface area contributed by atoms with Gasteiger partial charge < -0.3 is 5.32 Å². The minimum atomic E-state index is 0.707. The maximum Gasteiger partial charge on any atom is 0.137 e. The van der Waals surface area contributed by atoms with Gasteiger partial charge in [-0.15, -0.1) is 0 Å². The van der Waals surface area contributed by atoms with Crippen LogP contribution in [0.4, 0.5) is 0 Å². The summed E-state index contributed by atoms with van der Waals surface area (Å²) in [6.45, 7) is 2.27. The van der Waals surface area contributed by atoms with Crippen LogP contribution in [0.1, 0.15) is 18.5 Å². The van der Waals surface area contributed by atoms with E-state index < -0.39 is 0 Å². The second-order valence-electron chi connectivity index (χ2n) is 6.00. The van der Waals surface area contributed by atoms with Crippen LogP contribution in [-0.4, -0.2) is 27.5 Å². The molecule has 0 amide bonds. The van der Waals surface area contributed by atoms with Gasteiger partial charge in [-0.1, -0.05) is 12.1 Å². The van der Waals surface area contributed by atoms with Crippen molar-refractivity contribution in [3.05, 3.63) is 54.5 Å². The summed E-state index contributed by atoms with van der Waals surface area (Å²) >= 11 is 0. The van der Waals surface area contributed by atoms with E-state index in [4.69, 9.17) is 4.98 Å². The van der Waals surface area contributed by atoms with Gasteiger partial charge in [0.25, 0.3) is 0 Å². The Kier molecular flexibility index (Phi) is 3.60. The van der Waals surface area contributed by atoms with Crippen LogP contribution >= 0.6 is 0 Å². The van der Waals surface area contributed by atoms with Crippen LogP contribution in [0.2, 0.25) is 0 Å². The van der Waals surface area contributed by atoms with Gasteiger partial charge in [-0.25, -0.2) is 4.98 Å². The van der Waals surface area contributed by atoms with Crippen molar-refractivity contribution in [2.45, 2.75) is 19.3 Å². The molecule has 1 aliphatic heterocycles. The molecule has 4 heteroatoms. The Labute approximate surface area is 130 Å². The third-order valence-electron chi connectivity index (χ3n) is 4.38. The molecule has 0 bridgehead atoms. The molecule has 3 aromatic heterocycles. The lowest BCUT2D eigenvalue weighted by Crippen LogP contribution is -2.31. The van der Waals surface area contributed by atoms with Crippen LogP contribution in [0.15, 0.2) is 48.8 Å². The van der Waals surface area contributed by atoms with Crippen LogP contribution in [0.25, 0.3) is 17.0 Å². The monoisotopic (exact) mass is 292 g/mol. The van der Waals surface area contributed by atoms with Crippen molar-refractivity contribution in [3.63, 3.8) is 0 Å². The first-order valence-electron chi connectivity index (χ1n) is 7.99. The second-order valence-corrected chi connectivity index (χ2v) is 6.00. The molecule has 0 aliphatic carbocycles. The average molecular weight is 292 g/mol. The summed E-state index contributed by atoms with van der Waals surface area (Å²) in [5, 5.41) is 3.48. The molecule has 0 saturated carbocycles. The third kappa shape index (κ3) is 2.62. The normalized spacial score (nSPS) is 18.6. The highest BCUT2D eigenvalue weighted by Crippen LogP contribution is 2.21. The minimum Gasteiger partial charge on any atom is -0.316 e. The number of nitrogens with zero attached hydrogens (tertiary/aromatic N) is 3. The van der Waals surface area contributed by atoms with E-state index in [1.807, 2.05) is 30.6 Å². The van der Waals surface area contributed by atoms with E-state index in [2.05, 4.69) is 32.9 Å². The number of hydrogen-bond acceptors (Lipinski definition) is 3. The fraction of sp³-hybridized carbons (Fsp3) is 0.333. The van der Waals surface area contributed by atoms with E-state index in [1.54, 1.807) is 0 Å². The summed E-state index contributed by atoms with van der Waals surface area (Å²) in [5.74, 6) is 0.707. The molecule has 4 rings (SSSR count). The molecule has 1 unspecified atom stereocenters. The molecule has 1 fully saturated rings. The van der Waals surface area contributed by atoms with Crippen molar-refractivity contribution >= 4 is 5.65 Å². The summed E-state index contributed by atoms with van der Waals surface area (Å²) < 4.78 is 2.09. The predicted octanol–water partition coefficient (Wildman–Crippen LogP) is 2.94. The highest BCUT2D eigenvalue weighted by atomic mass is 15.0. The number of aromatic nitrogens is 3. The largest absolute Gasteiger partial charge is 0.316 e. The highest BCUT2D eigenvalue weighted by molar-refractivity contribution is 5.60. The van der Waals surface area contributed by atoms with Crippen LogP contribution in [-0.2, 0) is 6.42 Å². The molecule has 1 aliphatic rings. The first-order chi connectivity index (χ1) is 10.9. The first-order valence-corrected chi connectivity index (χ1v) is 7.99. The third-order valence-corrected chi connectivity index (χ3v) is 4.38. The molecule has 0 aromatic carbocycles. The van der Waals surface area contributed by atoms with Crippen molar-refractivity contribution < 1.29 is 0 Å². The van der Waals surface area contributed by atoms with Crippen LogP contribution < -0.4 is 5.32 Å². The van der Waals surface area contributed by atoms with Crippen LogP contribution in [0, 0.1) is 5.92 Å². The summed E-state index contributed by atoms with van der Waals surface area (Å²) in [6.07, 6.45) is 7.57. The van der Waals surface area contributed by atoms with E-state index in [-0.39, 0.29) is 0 Å². The Bertz CT molecular complexity index is 771. The van der Waals surface area contributed by atoms with E-state index >= 15 is 0 Å². The molecule has 112 valence electrons. The van der Waals surface area contributed by atoms with Gasteiger partial charge in [-0.3, -0.25) is 9.38 Å². The zero-order valence-electron chi connectivity index (χ0n) is 12.6. The molecule has 3 aromatic rings. The SMILES string of the molecule is c1cc(CC2CCCNC2)nc(-c2cnc3ccccn23)c1. The number of nitrogens with one attached hydrogen (secondary N) is 1. The zero-order valence-corrected chi connectivity index (χ0v) is 12.6. The average Bonchev–Trinajstić information content (AvgIpc) is 3.00. The molecule has 4 nitrogen and oxygen atoms in total. The molecular weight excluding hydrogens is 272 g/mol. The molecule has 1 atom stereocenters. The van der Waals surface area contributed by atoms with Crippen molar-refractivity contribution in [2.75, 3.05) is 13.1 Å². The molecule has 0 radical (unpaired) electrons. The van der Waals surface area contributed by atoms with E-state index in [0.29, 0.717) is 5.92 Å². The number of fused-ring (bicyclic) bond motifs is 1. The van der Waals surface area contributed by atoms with E-state index in [1.165, 1.54) is 18.5 Å². The highest BCUT2D eigenvalue weighted by Gasteiger charge is 2.15. The lowest BCUT2D eigenvalue weighted by atomic mass is 9.94. The van der Waals surface area contributed by atoms with Gasteiger partial charge in [0.1, 0.15) is 5.65 Å². The topological polar surface area (TPSA) is 42.2 Å². The molecule has 22 heavy (non-hydrogen) atoms. The van der Waals surface area contributed by atoms with Gasteiger partial charge in [-0.05, 0) is 62.5 Å².